The highest BCUT2D eigenvalue weighted by Gasteiger charge is 2.21. The van der Waals surface area contributed by atoms with Crippen molar-refractivity contribution in [3.63, 3.8) is 0 Å². The van der Waals surface area contributed by atoms with Gasteiger partial charge in [-0.25, -0.2) is 15.0 Å². The first-order chi connectivity index (χ1) is 29.2. The summed E-state index contributed by atoms with van der Waals surface area (Å²) in [6, 6.07) is 63.3. The Morgan fingerprint density at radius 3 is 1.81 bits per heavy atom. The Kier molecular flexibility index (Phi) is 6.63. The number of benzene rings is 9. The van der Waals surface area contributed by atoms with E-state index in [1.165, 1.54) is 21.5 Å². The third-order valence-corrected chi connectivity index (χ3v) is 11.8. The average Bonchev–Trinajstić information content (AvgIpc) is 3.97. The van der Waals surface area contributed by atoms with E-state index in [9.17, 15) is 0 Å². The molecule has 6 nitrogen and oxygen atoms in total. The molecule has 4 heterocycles. The summed E-state index contributed by atoms with van der Waals surface area (Å²) in [5, 5.41) is 11.2. The maximum Gasteiger partial charge on any atom is 0.164 e. The van der Waals surface area contributed by atoms with Crippen molar-refractivity contribution in [1.29, 1.82) is 0 Å². The number of fused-ring (bicyclic) bond motifs is 12. The van der Waals surface area contributed by atoms with Gasteiger partial charge in [-0.3, -0.25) is 0 Å². The van der Waals surface area contributed by atoms with Crippen molar-refractivity contribution in [2.75, 3.05) is 0 Å². The molecule has 0 amide bonds. The number of nitrogens with zero attached hydrogens (tertiary/aromatic N) is 4. The maximum atomic E-state index is 6.89. The Balaban J connectivity index is 1.02. The van der Waals surface area contributed by atoms with E-state index in [1.54, 1.807) is 0 Å². The molecule has 0 bridgehead atoms. The smallest absolute Gasteiger partial charge is 0.164 e. The van der Waals surface area contributed by atoms with Gasteiger partial charge in [0.1, 0.15) is 16.7 Å². The van der Waals surface area contributed by atoms with E-state index in [-0.39, 0.29) is 0 Å². The Hall–Kier alpha value is -8.09. The summed E-state index contributed by atoms with van der Waals surface area (Å²) in [5.74, 6) is 1.80. The first-order valence-corrected chi connectivity index (χ1v) is 19.8. The van der Waals surface area contributed by atoms with Crippen LogP contribution >= 0.6 is 0 Å². The molecule has 0 aliphatic heterocycles. The Morgan fingerprint density at radius 2 is 0.966 bits per heavy atom. The summed E-state index contributed by atoms with van der Waals surface area (Å²) in [6.45, 7) is 0. The minimum atomic E-state index is 0.593. The summed E-state index contributed by atoms with van der Waals surface area (Å²) >= 11 is 0. The zero-order valence-corrected chi connectivity index (χ0v) is 31.4. The maximum absolute atomic E-state index is 6.89. The molecule has 0 aliphatic carbocycles. The molecule has 0 fully saturated rings. The molecule has 0 radical (unpaired) electrons. The molecule has 0 spiro atoms. The van der Waals surface area contributed by atoms with Crippen molar-refractivity contribution in [2.24, 2.45) is 0 Å². The topological polar surface area (TPSA) is 69.9 Å². The summed E-state index contributed by atoms with van der Waals surface area (Å²) in [5.41, 5.74) is 9.32. The number of hydrogen-bond acceptors (Lipinski definition) is 5. The summed E-state index contributed by atoms with van der Waals surface area (Å²) in [7, 11) is 0. The molecule has 4 aromatic heterocycles. The molecule has 274 valence electrons. The average molecular weight is 755 g/mol. The van der Waals surface area contributed by atoms with Gasteiger partial charge in [-0.1, -0.05) is 121 Å². The molecule has 0 atom stereocenters. The highest BCUT2D eigenvalue weighted by Crippen LogP contribution is 2.42. The fraction of sp³-hybridized carbons (Fsp3) is 0. The van der Waals surface area contributed by atoms with Crippen LogP contribution in [-0.2, 0) is 0 Å². The van der Waals surface area contributed by atoms with E-state index in [4.69, 9.17) is 23.8 Å². The van der Waals surface area contributed by atoms with Gasteiger partial charge in [0.15, 0.2) is 23.1 Å². The molecule has 0 saturated carbocycles. The summed E-state index contributed by atoms with van der Waals surface area (Å²) in [4.78, 5) is 15.3. The van der Waals surface area contributed by atoms with E-state index < -0.39 is 0 Å². The normalized spacial score (nSPS) is 12.1. The van der Waals surface area contributed by atoms with E-state index >= 15 is 0 Å². The predicted octanol–water partition coefficient (Wildman–Crippen LogP) is 14.1. The van der Waals surface area contributed by atoms with Crippen LogP contribution in [0.3, 0.4) is 0 Å². The SMILES string of the molecule is c1ccc(-c2nc(-c3ccc4oc5ccccc5c4c3)nc(-c3ccc4ccc5oc6c(-n7c8ccccc8c8cc9ccccc9cc87)cccc6c5c4c3)n2)cc1. The van der Waals surface area contributed by atoms with Crippen LogP contribution in [0.25, 0.3) is 127 Å². The highest BCUT2D eigenvalue weighted by atomic mass is 16.3. The van der Waals surface area contributed by atoms with Crippen LogP contribution in [0.2, 0.25) is 0 Å². The highest BCUT2D eigenvalue weighted by molar-refractivity contribution is 6.21. The number of para-hydroxylation sites is 3. The summed E-state index contributed by atoms with van der Waals surface area (Å²) < 4.78 is 15.4. The van der Waals surface area contributed by atoms with Crippen LogP contribution in [0.15, 0.2) is 191 Å². The molecule has 13 rings (SSSR count). The minimum Gasteiger partial charge on any atom is -0.456 e. The van der Waals surface area contributed by atoms with Crippen molar-refractivity contribution in [3.05, 3.63) is 182 Å². The Bertz CT molecular complexity index is 3860. The van der Waals surface area contributed by atoms with Crippen molar-refractivity contribution in [3.8, 4) is 39.9 Å². The zero-order valence-electron chi connectivity index (χ0n) is 31.4. The molecule has 0 unspecified atom stereocenters. The van der Waals surface area contributed by atoms with Gasteiger partial charge >= 0.3 is 0 Å². The first kappa shape index (κ1) is 32.0. The van der Waals surface area contributed by atoms with Gasteiger partial charge in [0.05, 0.1) is 16.7 Å². The first-order valence-electron chi connectivity index (χ1n) is 19.8. The van der Waals surface area contributed by atoms with Crippen LogP contribution in [-0.4, -0.2) is 19.5 Å². The fourth-order valence-corrected chi connectivity index (χ4v) is 9.05. The molecule has 0 saturated heterocycles. The van der Waals surface area contributed by atoms with Gasteiger partial charge in [0, 0.05) is 49.0 Å². The molecule has 0 N–H and O–H groups in total. The third-order valence-electron chi connectivity index (χ3n) is 11.8. The van der Waals surface area contributed by atoms with Gasteiger partial charge in [-0.05, 0) is 82.2 Å². The van der Waals surface area contributed by atoms with Crippen molar-refractivity contribution < 1.29 is 8.83 Å². The van der Waals surface area contributed by atoms with Gasteiger partial charge in [-0.15, -0.1) is 0 Å². The Labute approximate surface area is 336 Å². The van der Waals surface area contributed by atoms with Gasteiger partial charge in [0.2, 0.25) is 0 Å². The van der Waals surface area contributed by atoms with E-state index in [1.807, 2.05) is 60.7 Å². The quantitative estimate of drug-likeness (QED) is 0.179. The van der Waals surface area contributed by atoms with Crippen LogP contribution in [0.4, 0.5) is 0 Å². The number of furan rings is 2. The fourth-order valence-electron chi connectivity index (χ4n) is 9.05. The molecule has 13 aromatic rings. The largest absolute Gasteiger partial charge is 0.456 e. The third kappa shape index (κ3) is 4.84. The molecule has 9 aromatic carbocycles. The Morgan fingerprint density at radius 1 is 0.339 bits per heavy atom. The van der Waals surface area contributed by atoms with Crippen LogP contribution in [0.1, 0.15) is 0 Å². The lowest BCUT2D eigenvalue weighted by atomic mass is 10.0. The van der Waals surface area contributed by atoms with Gasteiger partial charge < -0.3 is 13.4 Å². The van der Waals surface area contributed by atoms with Gasteiger partial charge in [-0.2, -0.15) is 0 Å². The molecular formula is C53H30N4O2. The van der Waals surface area contributed by atoms with Crippen LogP contribution in [0, 0.1) is 0 Å². The molecular weight excluding hydrogens is 725 g/mol. The second-order valence-electron chi connectivity index (χ2n) is 15.2. The second kappa shape index (κ2) is 12.2. The monoisotopic (exact) mass is 754 g/mol. The molecule has 0 aliphatic rings. The van der Waals surface area contributed by atoms with Gasteiger partial charge in [0.25, 0.3) is 0 Å². The second-order valence-corrected chi connectivity index (χ2v) is 15.2. The van der Waals surface area contributed by atoms with Crippen LogP contribution in [0.5, 0.6) is 0 Å². The lowest BCUT2D eigenvalue weighted by molar-refractivity contribution is 0.666. The minimum absolute atomic E-state index is 0.593. The zero-order chi connectivity index (χ0) is 38.6. The van der Waals surface area contributed by atoms with Crippen molar-refractivity contribution in [2.45, 2.75) is 0 Å². The predicted molar refractivity (Wildman–Crippen MR) is 240 cm³/mol. The summed E-state index contributed by atoms with van der Waals surface area (Å²) in [6.07, 6.45) is 0. The van der Waals surface area contributed by atoms with Crippen LogP contribution < -0.4 is 0 Å². The van der Waals surface area contributed by atoms with E-state index in [0.29, 0.717) is 17.5 Å². The lowest BCUT2D eigenvalue weighted by Crippen LogP contribution is -2.00. The number of aromatic nitrogens is 4. The lowest BCUT2D eigenvalue weighted by Gasteiger charge is -2.10. The molecule has 6 heteroatoms. The van der Waals surface area contributed by atoms with Crippen molar-refractivity contribution in [1.82, 2.24) is 19.5 Å². The van der Waals surface area contributed by atoms with E-state index in [0.717, 1.165) is 88.1 Å². The number of hydrogen-bond donors (Lipinski definition) is 0. The standard InChI is InChI=1S/C53H30N4O2/c1-2-11-32(12-3-1)51-54-52(56-53(55-51)36-24-25-47-42(29-36)38-16-7-9-20-46(38)58-47)35-22-21-31-23-26-48-49(40(31)28-35)39-17-10-19-44(50(39)59-48)57-43-18-8-6-15-37(43)41-27-33-13-4-5-14-34(33)30-45(41)57/h1-30H. The number of rotatable bonds is 4. The van der Waals surface area contributed by atoms with E-state index in [2.05, 4.69) is 126 Å². The molecule has 59 heavy (non-hydrogen) atoms. The van der Waals surface area contributed by atoms with Crippen molar-refractivity contribution >= 4 is 87.2 Å².